The molecule has 0 spiro atoms. The normalized spacial score (nSPS) is 18.5. The predicted octanol–water partition coefficient (Wildman–Crippen LogP) is 5.09. The molecule has 0 aromatic carbocycles. The van der Waals surface area contributed by atoms with Crippen molar-refractivity contribution in [2.75, 3.05) is 10.6 Å². The number of anilines is 2. The van der Waals surface area contributed by atoms with E-state index < -0.39 is 0 Å². The predicted molar refractivity (Wildman–Crippen MR) is 106 cm³/mol. The van der Waals surface area contributed by atoms with Crippen molar-refractivity contribution in [3.8, 4) is 0 Å². The first-order valence-corrected chi connectivity index (χ1v) is 9.95. The van der Waals surface area contributed by atoms with Crippen LogP contribution in [0.4, 0.5) is 16.3 Å². The Morgan fingerprint density at radius 3 is 2.74 bits per heavy atom. The molecule has 144 valence electrons. The molecule has 0 aliphatic heterocycles. The summed E-state index contributed by atoms with van der Waals surface area (Å²) in [6.45, 7) is 4.15. The van der Waals surface area contributed by atoms with Gasteiger partial charge in [-0.15, -0.1) is 0 Å². The number of hydrogen-bond acceptors (Lipinski definition) is 5. The average Bonchev–Trinajstić information content (AvgIpc) is 3.02. The highest BCUT2D eigenvalue weighted by molar-refractivity contribution is 5.75. The summed E-state index contributed by atoms with van der Waals surface area (Å²) in [6.07, 6.45) is 12.8. The molecule has 2 heterocycles. The number of fused-ring (bicyclic) bond motifs is 1. The summed E-state index contributed by atoms with van der Waals surface area (Å²) in [5.41, 5.74) is 1.95. The van der Waals surface area contributed by atoms with Crippen LogP contribution in [0.2, 0.25) is 0 Å². The Hall–Kier alpha value is -2.44. The van der Waals surface area contributed by atoms with E-state index in [1.165, 1.54) is 19.3 Å². The zero-order valence-electron chi connectivity index (χ0n) is 16.0. The molecule has 0 amide bonds. The van der Waals surface area contributed by atoms with Crippen LogP contribution in [-0.4, -0.2) is 25.6 Å². The zero-order valence-corrected chi connectivity index (χ0v) is 16.0. The van der Waals surface area contributed by atoms with E-state index in [9.17, 15) is 4.39 Å². The summed E-state index contributed by atoms with van der Waals surface area (Å²) in [7, 11) is 0. The van der Waals surface area contributed by atoms with Gasteiger partial charge in [-0.2, -0.15) is 4.98 Å². The van der Waals surface area contributed by atoms with Crippen LogP contribution in [-0.2, 0) is 0 Å². The number of halogens is 1. The molecule has 2 N–H and O–H groups in total. The maximum absolute atomic E-state index is 14.1. The second kappa shape index (κ2) is 7.66. The second-order valence-corrected chi connectivity index (χ2v) is 7.67. The van der Waals surface area contributed by atoms with Gasteiger partial charge in [0.1, 0.15) is 11.3 Å². The third kappa shape index (κ3) is 3.82. The molecule has 1 saturated carbocycles. The number of hydrogen-bond donors (Lipinski definition) is 2. The lowest BCUT2D eigenvalue weighted by Gasteiger charge is -2.22. The quantitative estimate of drug-likeness (QED) is 0.767. The smallest absolute Gasteiger partial charge is 0.224 e. The lowest BCUT2D eigenvalue weighted by molar-refractivity contribution is 0.461. The van der Waals surface area contributed by atoms with E-state index in [-0.39, 0.29) is 11.9 Å². The molecule has 4 rings (SSSR count). The van der Waals surface area contributed by atoms with Crippen LogP contribution >= 0.6 is 0 Å². The highest BCUT2D eigenvalue weighted by atomic mass is 19.1. The first kappa shape index (κ1) is 17.9. The number of aromatic nitrogens is 4. The Kier molecular flexibility index (Phi) is 5.09. The SMILES string of the molecule is CC(C)n1c(NC2=C(F)CCC=C2)nc2cnc(NC3CCCCC3)nc21. The lowest BCUT2D eigenvalue weighted by atomic mass is 9.96. The van der Waals surface area contributed by atoms with Crippen LogP contribution in [0.25, 0.3) is 11.2 Å². The molecule has 0 atom stereocenters. The maximum atomic E-state index is 14.1. The fourth-order valence-corrected chi connectivity index (χ4v) is 3.83. The monoisotopic (exact) mass is 370 g/mol. The van der Waals surface area contributed by atoms with E-state index in [0.717, 1.165) is 24.9 Å². The molecule has 0 unspecified atom stereocenters. The van der Waals surface area contributed by atoms with E-state index in [1.54, 1.807) is 12.3 Å². The van der Waals surface area contributed by atoms with Crippen LogP contribution in [0, 0.1) is 0 Å². The van der Waals surface area contributed by atoms with Crippen LogP contribution in [0.15, 0.2) is 29.9 Å². The van der Waals surface area contributed by atoms with E-state index in [1.807, 2.05) is 10.6 Å². The second-order valence-electron chi connectivity index (χ2n) is 7.67. The number of allylic oxidation sites excluding steroid dienone is 3. The molecule has 27 heavy (non-hydrogen) atoms. The van der Waals surface area contributed by atoms with Gasteiger partial charge < -0.3 is 10.6 Å². The summed E-state index contributed by atoms with van der Waals surface area (Å²) >= 11 is 0. The topological polar surface area (TPSA) is 67.7 Å². The van der Waals surface area contributed by atoms with E-state index in [4.69, 9.17) is 4.98 Å². The largest absolute Gasteiger partial charge is 0.351 e. The van der Waals surface area contributed by atoms with Crippen molar-refractivity contribution in [1.82, 2.24) is 19.5 Å². The molecular formula is C20H27FN6. The van der Waals surface area contributed by atoms with E-state index in [0.29, 0.717) is 35.6 Å². The summed E-state index contributed by atoms with van der Waals surface area (Å²) in [4.78, 5) is 13.8. The highest BCUT2D eigenvalue weighted by Crippen LogP contribution is 2.28. The third-order valence-electron chi connectivity index (χ3n) is 5.24. The van der Waals surface area contributed by atoms with Gasteiger partial charge in [0.05, 0.1) is 11.9 Å². The number of nitrogens with zero attached hydrogens (tertiary/aromatic N) is 4. The molecule has 7 heteroatoms. The van der Waals surface area contributed by atoms with Crippen molar-refractivity contribution in [3.05, 3.63) is 29.9 Å². The van der Waals surface area contributed by atoms with Crippen LogP contribution in [0.1, 0.15) is 64.8 Å². The van der Waals surface area contributed by atoms with Gasteiger partial charge in [0.15, 0.2) is 5.65 Å². The van der Waals surface area contributed by atoms with Gasteiger partial charge in [-0.05, 0) is 39.2 Å². The van der Waals surface area contributed by atoms with Crippen molar-refractivity contribution in [3.63, 3.8) is 0 Å². The summed E-state index contributed by atoms with van der Waals surface area (Å²) in [6, 6.07) is 0.571. The van der Waals surface area contributed by atoms with Crippen LogP contribution in [0.5, 0.6) is 0 Å². The van der Waals surface area contributed by atoms with Crippen molar-refractivity contribution in [1.29, 1.82) is 0 Å². The molecule has 0 saturated heterocycles. The Balaban J connectivity index is 1.66. The number of nitrogens with one attached hydrogen (secondary N) is 2. The molecule has 1 fully saturated rings. The van der Waals surface area contributed by atoms with Gasteiger partial charge in [0, 0.05) is 18.5 Å². The Morgan fingerprint density at radius 1 is 1.19 bits per heavy atom. The van der Waals surface area contributed by atoms with Gasteiger partial charge in [-0.1, -0.05) is 25.3 Å². The molecular weight excluding hydrogens is 343 g/mol. The van der Waals surface area contributed by atoms with Gasteiger partial charge in [-0.3, -0.25) is 4.57 Å². The number of imidazole rings is 1. The molecule has 2 aliphatic rings. The van der Waals surface area contributed by atoms with Crippen LogP contribution < -0.4 is 10.6 Å². The Morgan fingerprint density at radius 2 is 2.00 bits per heavy atom. The Bertz CT molecular complexity index is 876. The van der Waals surface area contributed by atoms with Gasteiger partial charge >= 0.3 is 0 Å². The van der Waals surface area contributed by atoms with Crippen LogP contribution in [0.3, 0.4) is 0 Å². The van der Waals surface area contributed by atoms with Crippen molar-refractivity contribution in [2.24, 2.45) is 0 Å². The van der Waals surface area contributed by atoms with Gasteiger partial charge in [0.2, 0.25) is 11.9 Å². The summed E-state index contributed by atoms with van der Waals surface area (Å²) in [5, 5.41) is 6.62. The Labute approximate surface area is 159 Å². The van der Waals surface area contributed by atoms with Crippen molar-refractivity contribution >= 4 is 23.1 Å². The standard InChI is InChI=1S/C20H27FN6/c1-13(2)27-18-17(25-20(27)24-16-11-7-6-10-15(16)21)12-22-19(26-18)23-14-8-4-3-5-9-14/h7,11-14H,3-6,8-10H2,1-2H3,(H,24,25)(H,22,23,26). The lowest BCUT2D eigenvalue weighted by Crippen LogP contribution is -2.23. The first-order chi connectivity index (χ1) is 13.1. The zero-order chi connectivity index (χ0) is 18.8. The summed E-state index contributed by atoms with van der Waals surface area (Å²) < 4.78 is 16.1. The molecule has 6 nitrogen and oxygen atoms in total. The van der Waals surface area contributed by atoms with Gasteiger partial charge in [0.25, 0.3) is 0 Å². The molecule has 0 bridgehead atoms. The van der Waals surface area contributed by atoms with Crippen molar-refractivity contribution in [2.45, 2.75) is 70.9 Å². The minimum Gasteiger partial charge on any atom is -0.351 e. The molecule has 2 aromatic rings. The first-order valence-electron chi connectivity index (χ1n) is 9.95. The van der Waals surface area contributed by atoms with Gasteiger partial charge in [-0.25, -0.2) is 14.4 Å². The third-order valence-corrected chi connectivity index (χ3v) is 5.24. The van der Waals surface area contributed by atoms with Crippen molar-refractivity contribution < 1.29 is 4.39 Å². The van der Waals surface area contributed by atoms with E-state index in [2.05, 4.69) is 34.4 Å². The average molecular weight is 370 g/mol. The summed E-state index contributed by atoms with van der Waals surface area (Å²) in [5.74, 6) is 1.11. The fraction of sp³-hybridized carbons (Fsp3) is 0.550. The molecule has 2 aromatic heterocycles. The fourth-order valence-electron chi connectivity index (χ4n) is 3.83. The molecule has 0 radical (unpaired) electrons. The molecule has 2 aliphatic carbocycles. The maximum Gasteiger partial charge on any atom is 0.224 e. The van der Waals surface area contributed by atoms with E-state index >= 15 is 0 Å². The highest BCUT2D eigenvalue weighted by Gasteiger charge is 2.19. The number of rotatable bonds is 5. The minimum atomic E-state index is -0.134. The minimum absolute atomic E-state index is 0.131.